The summed E-state index contributed by atoms with van der Waals surface area (Å²) in [6, 6.07) is 18.2. The van der Waals surface area contributed by atoms with Gasteiger partial charge in [-0.25, -0.2) is 0 Å². The second kappa shape index (κ2) is 26.4. The molecule has 0 amide bonds. The van der Waals surface area contributed by atoms with Crippen LogP contribution < -0.4 is 0 Å². The standard InChI is InChI=1S/C32H44N2.2C4H9.Pd/c1-5-9-12-13-16-31(30(25-34-33)15-11-7-3)32(28-21-17-26(8-4)18-22-28)29-23-19-27(20-24-29)14-10-6-2;2*1-3-4-2;/h17-24H,5-16H2,1-4H3;2*1,3-4H2,2H3;. The van der Waals surface area contributed by atoms with E-state index in [1.54, 1.807) is 0 Å². The van der Waals surface area contributed by atoms with Crippen LogP contribution in [0.2, 0.25) is 9.79 Å². The van der Waals surface area contributed by atoms with Crippen molar-refractivity contribution in [2.45, 2.75) is 154 Å². The van der Waals surface area contributed by atoms with Gasteiger partial charge in [0.1, 0.15) is 0 Å². The van der Waals surface area contributed by atoms with Crippen LogP contribution in [0.25, 0.3) is 11.1 Å². The number of rotatable bonds is 21. The molecule has 0 saturated heterocycles. The first-order chi connectivity index (χ1) is 21.1. The van der Waals surface area contributed by atoms with Crippen LogP contribution in [0.15, 0.2) is 59.7 Å². The summed E-state index contributed by atoms with van der Waals surface area (Å²) in [7, 11) is 0. The summed E-state index contributed by atoms with van der Waals surface area (Å²) >= 11 is 1.07. The van der Waals surface area contributed by atoms with Crippen molar-refractivity contribution >= 4 is 11.4 Å². The summed E-state index contributed by atoms with van der Waals surface area (Å²) < 4.78 is 0. The van der Waals surface area contributed by atoms with Gasteiger partial charge >= 0.3 is 73.2 Å². The Bertz CT molecular complexity index is 1080. The molecule has 0 unspecified atom stereocenters. The third-order valence-corrected chi connectivity index (χ3v) is 9.98. The van der Waals surface area contributed by atoms with E-state index in [0.29, 0.717) is 0 Å². The van der Waals surface area contributed by atoms with Crippen LogP contribution in [0.1, 0.15) is 154 Å². The maximum atomic E-state index is 9.48. The van der Waals surface area contributed by atoms with Crippen LogP contribution in [0, 0.1) is 0 Å². The number of unbranched alkanes of at least 4 members (excludes halogenated alkanes) is 7. The molecule has 0 heterocycles. The van der Waals surface area contributed by atoms with Crippen molar-refractivity contribution in [3.63, 3.8) is 0 Å². The molecule has 0 aromatic heterocycles. The van der Waals surface area contributed by atoms with E-state index in [2.05, 4.69) is 101 Å². The molecule has 0 saturated carbocycles. The van der Waals surface area contributed by atoms with E-state index in [4.69, 9.17) is 0 Å². The third kappa shape index (κ3) is 16.6. The quantitative estimate of drug-likeness (QED) is 0.0315. The molecule has 2 nitrogen and oxygen atoms in total. The van der Waals surface area contributed by atoms with Crippen molar-refractivity contribution in [2.75, 3.05) is 0 Å². The van der Waals surface area contributed by atoms with Gasteiger partial charge in [-0.1, -0.05) is 108 Å². The number of aryl methyl sites for hydroxylation is 2. The van der Waals surface area contributed by atoms with Crippen molar-refractivity contribution in [3.8, 4) is 0 Å². The molecule has 0 aliphatic heterocycles. The Balaban J connectivity index is 0.000000887. The predicted octanol–water partition coefficient (Wildman–Crippen LogP) is 12.9. The van der Waals surface area contributed by atoms with E-state index in [9.17, 15) is 5.53 Å². The average Bonchev–Trinajstić information content (AvgIpc) is 3.04. The van der Waals surface area contributed by atoms with Crippen LogP contribution in [0.5, 0.6) is 0 Å². The number of benzene rings is 2. The summed E-state index contributed by atoms with van der Waals surface area (Å²) in [6.07, 6.45) is 19.1. The minimum absolute atomic E-state index is 0.884. The normalized spacial score (nSPS) is 11.3. The Morgan fingerprint density at radius 2 is 1.14 bits per heavy atom. The first-order valence-corrected chi connectivity index (χ1v) is 19.6. The number of hydrogen-bond donors (Lipinski definition) is 0. The predicted molar refractivity (Wildman–Crippen MR) is 187 cm³/mol. The Morgan fingerprint density at radius 1 is 0.605 bits per heavy atom. The number of nitrogens with zero attached hydrogens (tertiary/aromatic N) is 2. The van der Waals surface area contributed by atoms with E-state index >= 15 is 0 Å². The Kier molecular flexibility index (Phi) is 24.0. The number of allylic oxidation sites excluding steroid dienone is 2. The van der Waals surface area contributed by atoms with Crippen LogP contribution in [-0.2, 0) is 30.8 Å². The summed E-state index contributed by atoms with van der Waals surface area (Å²) in [5.74, 6) is 2.98. The Hall–Kier alpha value is -2.00. The zero-order valence-electron chi connectivity index (χ0n) is 28.6. The molecule has 2 aromatic carbocycles. The Labute approximate surface area is 274 Å². The average molecular weight is 677 g/mol. The van der Waals surface area contributed by atoms with Gasteiger partial charge in [-0.05, 0) is 78.3 Å². The van der Waals surface area contributed by atoms with Crippen LogP contribution >= 0.6 is 0 Å². The fourth-order valence-electron chi connectivity index (χ4n) is 4.95. The van der Waals surface area contributed by atoms with E-state index < -0.39 is 0 Å². The van der Waals surface area contributed by atoms with Gasteiger partial charge in [-0.15, -0.1) is 4.79 Å². The maximum absolute atomic E-state index is 9.48. The first kappa shape index (κ1) is 39.0. The van der Waals surface area contributed by atoms with E-state index in [1.807, 2.05) is 0 Å². The zero-order chi connectivity index (χ0) is 31.5. The molecule has 0 aliphatic carbocycles. The van der Waals surface area contributed by atoms with Gasteiger partial charge in [-0.2, -0.15) is 0 Å². The topological polar surface area (TPSA) is 36.4 Å². The molecule has 2 rings (SSSR count). The van der Waals surface area contributed by atoms with Gasteiger partial charge in [0.05, 0.1) is 5.57 Å². The van der Waals surface area contributed by atoms with Gasteiger partial charge in [0.2, 0.25) is 0 Å². The molecule has 2 aromatic rings. The molecule has 242 valence electrons. The van der Waals surface area contributed by atoms with Gasteiger partial charge < -0.3 is 5.53 Å². The Morgan fingerprint density at radius 3 is 1.63 bits per heavy atom. The third-order valence-electron chi connectivity index (χ3n) is 7.78. The fraction of sp³-hybridized carbons (Fsp3) is 0.600. The van der Waals surface area contributed by atoms with E-state index in [0.717, 1.165) is 68.5 Å². The molecule has 0 bridgehead atoms. The monoisotopic (exact) mass is 676 g/mol. The van der Waals surface area contributed by atoms with Crippen molar-refractivity contribution in [2.24, 2.45) is 0 Å². The van der Waals surface area contributed by atoms with Gasteiger partial charge in [0.15, 0.2) is 0 Å². The first-order valence-electron chi connectivity index (χ1n) is 17.4. The summed E-state index contributed by atoms with van der Waals surface area (Å²) in [4.78, 5) is 6.39. The molecular weight excluding hydrogens is 615 g/mol. The fourth-order valence-corrected chi connectivity index (χ4v) is 7.21. The summed E-state index contributed by atoms with van der Waals surface area (Å²) in [5.41, 5.74) is 18.3. The molecule has 0 spiro atoms. The van der Waals surface area contributed by atoms with Gasteiger partial charge in [-0.3, -0.25) is 0 Å². The van der Waals surface area contributed by atoms with Gasteiger partial charge in [0, 0.05) is 0 Å². The van der Waals surface area contributed by atoms with Gasteiger partial charge in [0.25, 0.3) is 0 Å². The second-order valence-electron chi connectivity index (χ2n) is 11.5. The molecule has 43 heavy (non-hydrogen) atoms. The van der Waals surface area contributed by atoms with Crippen molar-refractivity contribution < 1.29 is 22.8 Å². The van der Waals surface area contributed by atoms with Crippen LogP contribution in [-0.4, -0.2) is 10.7 Å². The van der Waals surface area contributed by atoms with E-state index in [1.165, 1.54) is 101 Å². The van der Waals surface area contributed by atoms with Crippen molar-refractivity contribution in [3.05, 3.63) is 87.5 Å². The SMILES string of the molecule is CCCCCCC(C(=C=[N+]=[N-])CCCC)=C(c1ccc(CC)cc1)c1ccc(CCCC)cc1.CCC[CH2][Pd][CH2]CCC. The molecule has 0 N–H and O–H groups in total. The van der Waals surface area contributed by atoms with Crippen LogP contribution in [0.3, 0.4) is 0 Å². The van der Waals surface area contributed by atoms with Crippen LogP contribution in [0.4, 0.5) is 0 Å². The summed E-state index contributed by atoms with van der Waals surface area (Å²) in [5, 5.41) is 0. The zero-order valence-corrected chi connectivity index (χ0v) is 30.1. The van der Waals surface area contributed by atoms with Crippen molar-refractivity contribution in [1.29, 1.82) is 0 Å². The molecule has 3 heteroatoms. The second-order valence-corrected chi connectivity index (χ2v) is 13.8. The molecule has 0 aliphatic rings. The molecule has 0 fully saturated rings. The molecular formula is C40H62N2Pd. The van der Waals surface area contributed by atoms with Crippen molar-refractivity contribution in [1.82, 2.24) is 0 Å². The number of hydrogen-bond acceptors (Lipinski definition) is 0. The molecule has 0 radical (unpaired) electrons. The van der Waals surface area contributed by atoms with E-state index in [-0.39, 0.29) is 0 Å². The summed E-state index contributed by atoms with van der Waals surface area (Å²) in [6.45, 7) is 13.4. The minimum atomic E-state index is 0.884. The molecule has 0 atom stereocenters.